The number of allylic oxidation sites excluding steroid dienone is 1. The van der Waals surface area contributed by atoms with E-state index >= 15 is 0 Å². The molecule has 1 aliphatic rings. The number of aromatic hydroxyl groups is 1. The molecule has 0 fully saturated rings. The minimum Gasteiger partial charge on any atom is -0.500 e. The molecule has 27 heavy (non-hydrogen) atoms. The summed E-state index contributed by atoms with van der Waals surface area (Å²) in [6.07, 6.45) is 1.87. The summed E-state index contributed by atoms with van der Waals surface area (Å²) in [6.45, 7) is 1.71. The first-order valence-corrected chi connectivity index (χ1v) is 9.19. The van der Waals surface area contributed by atoms with E-state index in [1.807, 2.05) is 6.26 Å². The summed E-state index contributed by atoms with van der Waals surface area (Å²) in [7, 11) is 1.24. The lowest BCUT2D eigenvalue weighted by atomic mass is 9.94. The Balaban J connectivity index is 2.51. The molecule has 1 aliphatic heterocycles. The highest BCUT2D eigenvalue weighted by Crippen LogP contribution is 2.40. The second-order valence-electron chi connectivity index (χ2n) is 5.55. The number of nitro benzene ring substituents is 1. The van der Waals surface area contributed by atoms with Crippen LogP contribution in [0.15, 0.2) is 23.4 Å². The van der Waals surface area contributed by atoms with Crippen LogP contribution in [0.5, 0.6) is 11.5 Å². The van der Waals surface area contributed by atoms with E-state index < -0.39 is 34.4 Å². The molecular weight excluding hydrogens is 378 g/mol. The Hall–Kier alpha value is -2.95. The van der Waals surface area contributed by atoms with E-state index in [1.54, 1.807) is 0 Å². The summed E-state index contributed by atoms with van der Waals surface area (Å²) in [6, 6.07) is 0.819. The van der Waals surface area contributed by atoms with Gasteiger partial charge in [0.05, 0.1) is 23.6 Å². The van der Waals surface area contributed by atoms with Gasteiger partial charge in [-0.1, -0.05) is 0 Å². The van der Waals surface area contributed by atoms with Gasteiger partial charge in [-0.2, -0.15) is 11.8 Å². The molecule has 2 amide bonds. The summed E-state index contributed by atoms with van der Waals surface area (Å²) in [4.78, 5) is 34.9. The van der Waals surface area contributed by atoms with Crippen molar-refractivity contribution in [1.82, 2.24) is 10.6 Å². The zero-order valence-electron chi connectivity index (χ0n) is 14.9. The molecule has 2 rings (SSSR count). The molecule has 0 saturated heterocycles. The minimum atomic E-state index is -1.01. The fourth-order valence-electron chi connectivity index (χ4n) is 2.59. The fourth-order valence-corrected chi connectivity index (χ4v) is 2.84. The summed E-state index contributed by atoms with van der Waals surface area (Å²) in [5, 5.41) is 26.2. The second-order valence-corrected chi connectivity index (χ2v) is 6.53. The third-order valence-electron chi connectivity index (χ3n) is 3.84. The van der Waals surface area contributed by atoms with Crippen molar-refractivity contribution in [2.24, 2.45) is 0 Å². The van der Waals surface area contributed by atoms with Crippen molar-refractivity contribution >= 4 is 29.4 Å². The quantitative estimate of drug-likeness (QED) is 0.274. The van der Waals surface area contributed by atoms with Gasteiger partial charge in [-0.3, -0.25) is 10.1 Å². The van der Waals surface area contributed by atoms with Gasteiger partial charge in [0.1, 0.15) is 6.61 Å². The molecule has 0 aromatic heterocycles. The number of urea groups is 1. The number of esters is 1. The highest BCUT2D eigenvalue weighted by molar-refractivity contribution is 7.98. The number of methoxy groups -OCH3 is 1. The van der Waals surface area contributed by atoms with Crippen LogP contribution in [0, 0.1) is 10.1 Å². The lowest BCUT2D eigenvalue weighted by molar-refractivity contribution is -0.386. The van der Waals surface area contributed by atoms with Crippen molar-refractivity contribution in [3.05, 3.63) is 39.1 Å². The molecule has 1 aromatic carbocycles. The van der Waals surface area contributed by atoms with Gasteiger partial charge in [-0.15, -0.1) is 0 Å². The molecule has 0 radical (unpaired) electrons. The minimum absolute atomic E-state index is 0.109. The number of nitrogens with zero attached hydrogens (tertiary/aromatic N) is 1. The van der Waals surface area contributed by atoms with Crippen molar-refractivity contribution in [3.8, 4) is 11.5 Å². The average Bonchev–Trinajstić information content (AvgIpc) is 2.61. The molecule has 0 spiro atoms. The van der Waals surface area contributed by atoms with Crippen LogP contribution < -0.4 is 15.4 Å². The Kier molecular flexibility index (Phi) is 6.50. The number of amides is 2. The monoisotopic (exact) mass is 397 g/mol. The molecule has 1 aromatic rings. The van der Waals surface area contributed by atoms with Gasteiger partial charge in [-0.05, 0) is 24.8 Å². The summed E-state index contributed by atoms with van der Waals surface area (Å²) in [5.41, 5.74) is -0.0300. The molecule has 11 heteroatoms. The SMILES string of the molecule is COc1cc([C@H]2NC(=O)NC(C)=C2C(=O)OCCSC)cc([N+](=O)[O-])c1O. The maximum absolute atomic E-state index is 12.5. The molecule has 3 N–H and O–H groups in total. The van der Waals surface area contributed by atoms with Crippen LogP contribution >= 0.6 is 11.8 Å². The van der Waals surface area contributed by atoms with E-state index in [0.29, 0.717) is 5.75 Å². The van der Waals surface area contributed by atoms with Crippen molar-refractivity contribution in [1.29, 1.82) is 0 Å². The van der Waals surface area contributed by atoms with E-state index in [2.05, 4.69) is 10.6 Å². The van der Waals surface area contributed by atoms with Gasteiger partial charge in [0.15, 0.2) is 5.75 Å². The summed E-state index contributed by atoms with van der Waals surface area (Å²) >= 11 is 1.50. The Morgan fingerprint density at radius 2 is 2.15 bits per heavy atom. The Labute approximate surface area is 159 Å². The van der Waals surface area contributed by atoms with Crippen LogP contribution in [-0.4, -0.2) is 47.8 Å². The van der Waals surface area contributed by atoms with Crippen molar-refractivity contribution in [2.45, 2.75) is 13.0 Å². The summed E-state index contributed by atoms with van der Waals surface area (Å²) in [5.74, 6) is -0.856. The van der Waals surface area contributed by atoms with Crippen LogP contribution in [0.1, 0.15) is 18.5 Å². The predicted molar refractivity (Wildman–Crippen MR) is 97.8 cm³/mol. The van der Waals surface area contributed by atoms with Gasteiger partial charge in [0.25, 0.3) is 0 Å². The molecule has 0 aliphatic carbocycles. The average molecular weight is 397 g/mol. The zero-order chi connectivity index (χ0) is 20.1. The Bertz CT molecular complexity index is 809. The number of hydrogen-bond donors (Lipinski definition) is 3. The second kappa shape index (κ2) is 8.62. The lowest BCUT2D eigenvalue weighted by Crippen LogP contribution is -2.45. The van der Waals surface area contributed by atoms with Gasteiger partial charge >= 0.3 is 17.7 Å². The van der Waals surface area contributed by atoms with Gasteiger partial charge in [0, 0.05) is 17.5 Å². The maximum Gasteiger partial charge on any atom is 0.338 e. The Morgan fingerprint density at radius 1 is 1.44 bits per heavy atom. The van der Waals surface area contributed by atoms with Crippen molar-refractivity contribution in [3.63, 3.8) is 0 Å². The molecule has 146 valence electrons. The van der Waals surface area contributed by atoms with Crippen LogP contribution in [-0.2, 0) is 9.53 Å². The number of thioether (sulfide) groups is 1. The van der Waals surface area contributed by atoms with Gasteiger partial charge in [-0.25, -0.2) is 9.59 Å². The molecule has 1 atom stereocenters. The number of ether oxygens (including phenoxy) is 2. The first kappa shape index (κ1) is 20.4. The van der Waals surface area contributed by atoms with Crippen molar-refractivity contribution < 1.29 is 29.1 Å². The largest absolute Gasteiger partial charge is 0.500 e. The van der Waals surface area contributed by atoms with Crippen LogP contribution in [0.4, 0.5) is 10.5 Å². The van der Waals surface area contributed by atoms with Crippen LogP contribution in [0.25, 0.3) is 0 Å². The van der Waals surface area contributed by atoms with Crippen molar-refractivity contribution in [2.75, 3.05) is 25.7 Å². The molecular formula is C16H19N3O7S. The molecule has 0 unspecified atom stereocenters. The van der Waals surface area contributed by atoms with Crippen LogP contribution in [0.2, 0.25) is 0 Å². The van der Waals surface area contributed by atoms with Gasteiger partial charge in [0.2, 0.25) is 5.75 Å². The topological polar surface area (TPSA) is 140 Å². The number of nitro groups is 1. The smallest absolute Gasteiger partial charge is 0.338 e. The van der Waals surface area contributed by atoms with E-state index in [9.17, 15) is 24.8 Å². The number of hydrogen-bond acceptors (Lipinski definition) is 8. The van der Waals surface area contributed by atoms with E-state index in [0.717, 1.165) is 6.07 Å². The maximum atomic E-state index is 12.5. The first-order chi connectivity index (χ1) is 12.8. The van der Waals surface area contributed by atoms with Gasteiger partial charge < -0.3 is 25.2 Å². The highest BCUT2D eigenvalue weighted by Gasteiger charge is 2.34. The Morgan fingerprint density at radius 3 is 2.74 bits per heavy atom. The van der Waals surface area contributed by atoms with E-state index in [-0.39, 0.29) is 29.2 Å². The zero-order valence-corrected chi connectivity index (χ0v) is 15.7. The normalized spacial score (nSPS) is 16.4. The lowest BCUT2D eigenvalue weighted by Gasteiger charge is -2.28. The number of benzene rings is 1. The fraction of sp³-hybridized carbons (Fsp3) is 0.375. The number of phenols is 1. The molecule has 0 saturated carbocycles. The standard InChI is InChI=1S/C16H19N3O7S/c1-8-12(15(21)26-4-5-27-3)13(18-16(22)17-8)9-6-10(19(23)24)14(20)11(7-9)25-2/h6-7,13,20H,4-5H2,1-3H3,(H2,17,18,22)/t13-/m1/s1. The van der Waals surface area contributed by atoms with E-state index in [1.165, 1.54) is 31.9 Å². The molecule has 0 bridgehead atoms. The highest BCUT2D eigenvalue weighted by atomic mass is 32.2. The predicted octanol–water partition coefficient (Wildman–Crippen LogP) is 1.84. The number of rotatable bonds is 7. The third kappa shape index (κ3) is 4.42. The number of nitrogens with one attached hydrogen (secondary N) is 2. The number of carbonyl (C=O) groups is 2. The van der Waals surface area contributed by atoms with E-state index in [4.69, 9.17) is 9.47 Å². The third-order valence-corrected chi connectivity index (χ3v) is 4.41. The summed E-state index contributed by atoms with van der Waals surface area (Å²) < 4.78 is 10.2. The first-order valence-electron chi connectivity index (χ1n) is 7.79. The van der Waals surface area contributed by atoms with Crippen LogP contribution in [0.3, 0.4) is 0 Å². The number of carbonyl (C=O) groups excluding carboxylic acids is 2. The number of phenolic OH excluding ortho intramolecular Hbond substituents is 1. The molecule has 10 nitrogen and oxygen atoms in total. The molecule has 1 heterocycles.